The molecule has 0 radical (unpaired) electrons. The summed E-state index contributed by atoms with van der Waals surface area (Å²) < 4.78 is 179. The minimum atomic E-state index is -0.790. The summed E-state index contributed by atoms with van der Waals surface area (Å²) in [6.45, 7) is 0. The molecular formula is C38H24O. The maximum absolute atomic E-state index is 9.15. The molecule has 1 heteroatoms. The van der Waals surface area contributed by atoms with Gasteiger partial charge in [0.15, 0.2) is 0 Å². The molecule has 0 atom stereocenters. The van der Waals surface area contributed by atoms with Crippen LogP contribution in [0.1, 0.15) is 27.4 Å². The molecule has 0 unspecified atom stereocenters. The Hall–Kier alpha value is -5.14. The summed E-state index contributed by atoms with van der Waals surface area (Å²) >= 11 is 0. The van der Waals surface area contributed by atoms with Crippen molar-refractivity contribution in [2.24, 2.45) is 0 Å². The van der Waals surface area contributed by atoms with Crippen molar-refractivity contribution in [2.45, 2.75) is 0 Å². The number of hydrogen-bond acceptors (Lipinski definition) is 1. The Balaban J connectivity index is 1.56. The number of fused-ring (bicyclic) bond motifs is 5. The molecule has 39 heavy (non-hydrogen) atoms. The molecule has 0 aliphatic carbocycles. The van der Waals surface area contributed by atoms with Crippen LogP contribution in [0.15, 0.2) is 150 Å². The van der Waals surface area contributed by atoms with E-state index in [1.165, 1.54) is 24.3 Å². The summed E-state index contributed by atoms with van der Waals surface area (Å²) in [6.07, 6.45) is 0. The molecule has 0 amide bonds. The average molecular weight is 517 g/mol. The molecule has 1 nitrogen and oxygen atoms in total. The Bertz CT molecular complexity index is 3150. The van der Waals surface area contributed by atoms with E-state index in [1.807, 2.05) is 0 Å². The lowest BCUT2D eigenvalue weighted by Gasteiger charge is -2.18. The van der Waals surface area contributed by atoms with Crippen LogP contribution in [0.3, 0.4) is 0 Å². The van der Waals surface area contributed by atoms with Crippen molar-refractivity contribution in [3.63, 3.8) is 0 Å². The van der Waals surface area contributed by atoms with Crippen molar-refractivity contribution in [3.05, 3.63) is 145 Å². The highest BCUT2D eigenvalue weighted by atomic mass is 16.3. The lowest BCUT2D eigenvalue weighted by molar-refractivity contribution is 0.669. The number of para-hydroxylation sites is 1. The highest BCUT2D eigenvalue weighted by Crippen LogP contribution is 2.44. The van der Waals surface area contributed by atoms with Crippen LogP contribution in [0.4, 0.5) is 0 Å². The fourth-order valence-corrected chi connectivity index (χ4v) is 4.92. The zero-order chi connectivity index (χ0) is 43.2. The van der Waals surface area contributed by atoms with Crippen molar-refractivity contribution >= 4 is 43.5 Å². The minimum absolute atomic E-state index is 0.0344. The quantitative estimate of drug-likeness (QED) is 0.213. The van der Waals surface area contributed by atoms with Crippen molar-refractivity contribution in [1.82, 2.24) is 0 Å². The third-order valence-corrected chi connectivity index (χ3v) is 6.54. The molecule has 1 heterocycles. The Labute approximate surface area is 254 Å². The Morgan fingerprint density at radius 3 is 1.51 bits per heavy atom. The molecule has 0 N–H and O–H groups in total. The fraction of sp³-hybridized carbons (Fsp3) is 0. The molecule has 7 aromatic carbocycles. The largest absolute Gasteiger partial charge is 0.456 e. The molecule has 182 valence electrons. The molecule has 0 fully saturated rings. The van der Waals surface area contributed by atoms with Gasteiger partial charge in [-0.2, -0.15) is 0 Å². The van der Waals surface area contributed by atoms with E-state index in [2.05, 4.69) is 0 Å². The number of benzene rings is 7. The van der Waals surface area contributed by atoms with E-state index < -0.39 is 132 Å². The van der Waals surface area contributed by atoms with E-state index in [9.17, 15) is 0 Å². The van der Waals surface area contributed by atoms with Crippen LogP contribution < -0.4 is 0 Å². The second-order valence-corrected chi connectivity index (χ2v) is 8.59. The lowest BCUT2D eigenvalue weighted by atomic mass is 9.85. The van der Waals surface area contributed by atoms with Crippen molar-refractivity contribution in [2.75, 3.05) is 0 Å². The molecule has 0 aliphatic heterocycles. The van der Waals surface area contributed by atoms with Crippen LogP contribution >= 0.6 is 0 Å². The monoisotopic (exact) mass is 516 g/mol. The zero-order valence-electron chi connectivity index (χ0n) is 39.7. The molecule has 1 aromatic heterocycles. The van der Waals surface area contributed by atoms with Crippen molar-refractivity contribution in [1.29, 1.82) is 0 Å². The van der Waals surface area contributed by atoms with Gasteiger partial charge >= 0.3 is 0 Å². The van der Waals surface area contributed by atoms with Gasteiger partial charge < -0.3 is 4.42 Å². The fourth-order valence-electron chi connectivity index (χ4n) is 4.92. The number of rotatable bonds is 3. The van der Waals surface area contributed by atoms with E-state index in [4.69, 9.17) is 31.8 Å². The molecule has 8 aromatic rings. The molecule has 0 bridgehead atoms. The average Bonchev–Trinajstić information content (AvgIpc) is 3.62. The molecule has 0 spiro atoms. The molecular weight excluding hydrogens is 472 g/mol. The number of furan rings is 1. The van der Waals surface area contributed by atoms with Gasteiger partial charge in [0.2, 0.25) is 0 Å². The number of hydrogen-bond donors (Lipinski definition) is 0. The lowest BCUT2D eigenvalue weighted by Crippen LogP contribution is -1.90. The molecule has 0 saturated carbocycles. The van der Waals surface area contributed by atoms with Gasteiger partial charge in [0.25, 0.3) is 0 Å². The minimum Gasteiger partial charge on any atom is -0.456 e. The van der Waals surface area contributed by atoms with E-state index in [0.29, 0.717) is 0 Å². The Morgan fingerprint density at radius 1 is 0.385 bits per heavy atom. The normalized spacial score (nSPS) is 18.8. The predicted octanol–water partition coefficient (Wildman–Crippen LogP) is 10.9. The third-order valence-electron chi connectivity index (χ3n) is 6.54. The highest BCUT2D eigenvalue weighted by molar-refractivity contribution is 6.21. The summed E-state index contributed by atoms with van der Waals surface area (Å²) in [5, 5.41) is -1.52. The first-order chi connectivity index (χ1) is 27.7. The molecule has 0 aliphatic rings. The van der Waals surface area contributed by atoms with Crippen LogP contribution in [-0.4, -0.2) is 0 Å². The van der Waals surface area contributed by atoms with Crippen LogP contribution in [0.25, 0.3) is 76.9 Å². The van der Waals surface area contributed by atoms with Gasteiger partial charge in [0.1, 0.15) is 11.2 Å². The van der Waals surface area contributed by atoms with Gasteiger partial charge in [-0.3, -0.25) is 0 Å². The second kappa shape index (κ2) is 8.72. The topological polar surface area (TPSA) is 13.1 Å². The van der Waals surface area contributed by atoms with Gasteiger partial charge in [0.05, 0.1) is 27.4 Å². The standard InChI is InChI=1S/C38H24O/c1-2-11-26(12-3-1)36-29-13-4-6-15-31(29)37(32-16-7-5-14-30(32)36)27-23-21-25(22-24-27)28-18-10-20-35-38(28)33-17-8-9-19-34(33)39-35/h1-24H/i1D,2D,3D,4D,5D,6D,7D,8D,9D,10D,11D,12D,13D,14D,15D,16D,17D,18D,19D,20D. The summed E-state index contributed by atoms with van der Waals surface area (Å²) in [5.41, 5.74) is -1.41. The maximum atomic E-state index is 9.15. The van der Waals surface area contributed by atoms with E-state index in [0.717, 1.165) is 0 Å². The van der Waals surface area contributed by atoms with Crippen LogP contribution in [0.5, 0.6) is 0 Å². The molecule has 8 rings (SSSR count). The van der Waals surface area contributed by atoms with Gasteiger partial charge in [0, 0.05) is 10.8 Å². The van der Waals surface area contributed by atoms with Crippen LogP contribution in [0, 0.1) is 0 Å². The Kier molecular flexibility index (Phi) is 2.21. The summed E-state index contributed by atoms with van der Waals surface area (Å²) in [6, 6.07) is -7.79. The van der Waals surface area contributed by atoms with Gasteiger partial charge in [-0.05, 0) is 67.0 Å². The third kappa shape index (κ3) is 3.41. The first kappa shape index (κ1) is 9.87. The van der Waals surface area contributed by atoms with Gasteiger partial charge in [-0.15, -0.1) is 0 Å². The van der Waals surface area contributed by atoms with Gasteiger partial charge in [-0.1, -0.05) is 133 Å². The zero-order valence-corrected chi connectivity index (χ0v) is 19.7. The predicted molar refractivity (Wildman–Crippen MR) is 165 cm³/mol. The van der Waals surface area contributed by atoms with E-state index in [1.54, 1.807) is 0 Å². The summed E-state index contributed by atoms with van der Waals surface area (Å²) in [5.74, 6) is 0. The van der Waals surface area contributed by atoms with Crippen LogP contribution in [-0.2, 0) is 0 Å². The van der Waals surface area contributed by atoms with Gasteiger partial charge in [-0.25, -0.2) is 0 Å². The van der Waals surface area contributed by atoms with Crippen molar-refractivity contribution in [3.8, 4) is 33.4 Å². The molecule has 0 saturated heterocycles. The first-order valence-electron chi connectivity index (χ1n) is 21.7. The maximum Gasteiger partial charge on any atom is 0.136 e. The van der Waals surface area contributed by atoms with Crippen molar-refractivity contribution < 1.29 is 31.8 Å². The van der Waals surface area contributed by atoms with E-state index in [-0.39, 0.29) is 65.7 Å². The second-order valence-electron chi connectivity index (χ2n) is 8.59. The summed E-state index contributed by atoms with van der Waals surface area (Å²) in [4.78, 5) is 0. The Morgan fingerprint density at radius 2 is 0.872 bits per heavy atom. The first-order valence-corrected chi connectivity index (χ1v) is 11.7. The van der Waals surface area contributed by atoms with Crippen LogP contribution in [0.2, 0.25) is 0 Å². The highest BCUT2D eigenvalue weighted by Gasteiger charge is 2.17. The van der Waals surface area contributed by atoms with E-state index >= 15 is 0 Å². The smallest absolute Gasteiger partial charge is 0.136 e. The SMILES string of the molecule is [2H]c1c([2H])c([2H])c(-c2c3c([2H])c([2H])c([2H])c([2H])c3c(-c3ccc(-c4c([2H])c([2H])c([2H])c5oc6c([2H])c([2H])c([2H])c([2H])c6c45)cc3)c3c([2H])c([2H])c([2H])c([2H])c23)c([2H])c1[2H]. The summed E-state index contributed by atoms with van der Waals surface area (Å²) in [7, 11) is 0.